The number of likely N-dealkylation sites (tertiary alicyclic amines) is 1. The largest absolute Gasteiger partial charge is 0.442 e. The molecule has 1 N–H and O–H groups in total. The number of aromatic nitrogens is 1. The topological polar surface area (TPSA) is 143 Å². The standard InChI is InChI=1S/C22H18N4O7/c27-17-8-7-16(26-20(30)14-5-1-2-6-15(14)21(26)31)22(32)25(17)12-33-18(28)11-24-19(29)13-4-3-9-23-10-13/h1-6,9-10,16H,7-8,11-12H2,(H,24,29). The van der Waals surface area contributed by atoms with Crippen molar-refractivity contribution in [1.29, 1.82) is 0 Å². The fraction of sp³-hybridized carbons (Fsp3) is 0.227. The monoisotopic (exact) mass is 450 g/mol. The highest BCUT2D eigenvalue weighted by Crippen LogP contribution is 2.28. The summed E-state index contributed by atoms with van der Waals surface area (Å²) in [6.07, 6.45) is 2.69. The molecule has 33 heavy (non-hydrogen) atoms. The van der Waals surface area contributed by atoms with Crippen LogP contribution in [0.1, 0.15) is 43.9 Å². The van der Waals surface area contributed by atoms with Gasteiger partial charge in [0.05, 0.1) is 16.7 Å². The Morgan fingerprint density at radius 3 is 2.36 bits per heavy atom. The number of hydrogen-bond acceptors (Lipinski definition) is 8. The number of imide groups is 2. The Morgan fingerprint density at radius 2 is 1.73 bits per heavy atom. The van der Waals surface area contributed by atoms with Crippen molar-refractivity contribution < 1.29 is 33.5 Å². The van der Waals surface area contributed by atoms with Gasteiger partial charge in [-0.3, -0.25) is 38.7 Å². The highest BCUT2D eigenvalue weighted by atomic mass is 16.5. The van der Waals surface area contributed by atoms with Gasteiger partial charge in [-0.2, -0.15) is 0 Å². The molecule has 11 nitrogen and oxygen atoms in total. The van der Waals surface area contributed by atoms with E-state index in [-0.39, 0.29) is 29.5 Å². The van der Waals surface area contributed by atoms with Crippen molar-refractivity contribution in [2.45, 2.75) is 18.9 Å². The summed E-state index contributed by atoms with van der Waals surface area (Å²) < 4.78 is 4.96. The number of ether oxygens (including phenoxy) is 1. The molecule has 11 heteroatoms. The molecule has 1 unspecified atom stereocenters. The number of hydrogen-bond donors (Lipinski definition) is 1. The second-order valence-corrected chi connectivity index (χ2v) is 7.31. The van der Waals surface area contributed by atoms with Gasteiger partial charge < -0.3 is 10.1 Å². The predicted octanol–water partition coefficient (Wildman–Crippen LogP) is 0.126. The molecule has 0 aliphatic carbocycles. The first-order valence-corrected chi connectivity index (χ1v) is 10.0. The summed E-state index contributed by atoms with van der Waals surface area (Å²) in [5.74, 6) is -4.06. The zero-order valence-corrected chi connectivity index (χ0v) is 17.2. The Hall–Kier alpha value is -4.41. The quantitative estimate of drug-likeness (QED) is 0.483. The van der Waals surface area contributed by atoms with Gasteiger partial charge in [-0.1, -0.05) is 12.1 Å². The van der Waals surface area contributed by atoms with Gasteiger partial charge in [0.25, 0.3) is 23.6 Å². The molecule has 0 radical (unpaired) electrons. The number of nitrogens with one attached hydrogen (secondary N) is 1. The third-order valence-corrected chi connectivity index (χ3v) is 5.29. The summed E-state index contributed by atoms with van der Waals surface area (Å²) in [6, 6.07) is 8.10. The zero-order valence-electron chi connectivity index (χ0n) is 17.2. The van der Waals surface area contributed by atoms with E-state index in [9.17, 15) is 28.8 Å². The lowest BCUT2D eigenvalue weighted by Gasteiger charge is -2.33. The van der Waals surface area contributed by atoms with Crippen molar-refractivity contribution in [3.8, 4) is 0 Å². The molecule has 1 aromatic carbocycles. The molecule has 2 aliphatic heterocycles. The first-order chi connectivity index (χ1) is 15.9. The number of pyridine rings is 1. The van der Waals surface area contributed by atoms with Crippen molar-refractivity contribution in [3.05, 3.63) is 65.5 Å². The minimum absolute atomic E-state index is 0.0191. The van der Waals surface area contributed by atoms with Crippen LogP contribution in [0.25, 0.3) is 0 Å². The van der Waals surface area contributed by atoms with Crippen LogP contribution in [0, 0.1) is 0 Å². The van der Waals surface area contributed by atoms with E-state index in [1.807, 2.05) is 0 Å². The van der Waals surface area contributed by atoms with Gasteiger partial charge in [-0.15, -0.1) is 0 Å². The Morgan fingerprint density at radius 1 is 1.03 bits per heavy atom. The second-order valence-electron chi connectivity index (χ2n) is 7.31. The minimum atomic E-state index is -1.18. The Balaban J connectivity index is 1.36. The van der Waals surface area contributed by atoms with E-state index in [0.717, 1.165) is 4.90 Å². The Kier molecular flexibility index (Phi) is 5.94. The molecule has 168 valence electrons. The first kappa shape index (κ1) is 21.8. The number of rotatable bonds is 6. The molecule has 1 aromatic heterocycles. The number of amides is 5. The van der Waals surface area contributed by atoms with Gasteiger partial charge in [0.2, 0.25) is 5.91 Å². The molecule has 5 amide bonds. The average molecular weight is 450 g/mol. The lowest BCUT2D eigenvalue weighted by molar-refractivity contribution is -0.163. The van der Waals surface area contributed by atoms with E-state index in [1.54, 1.807) is 18.2 Å². The Bertz CT molecular complexity index is 1130. The summed E-state index contributed by atoms with van der Waals surface area (Å²) in [5.41, 5.74) is 0.625. The second kappa shape index (κ2) is 8.99. The number of carbonyl (C=O) groups excluding carboxylic acids is 6. The molecule has 2 aliphatic rings. The number of carbonyl (C=O) groups is 6. The number of nitrogens with zero attached hydrogens (tertiary/aromatic N) is 3. The van der Waals surface area contributed by atoms with E-state index >= 15 is 0 Å². The smallest absolute Gasteiger partial charge is 0.327 e. The normalized spacial score (nSPS) is 17.8. The van der Waals surface area contributed by atoms with Crippen LogP contribution in [0.5, 0.6) is 0 Å². The molecular weight excluding hydrogens is 432 g/mol. The molecule has 1 fully saturated rings. The molecule has 0 spiro atoms. The molecule has 1 atom stereocenters. The van der Waals surface area contributed by atoms with Crippen LogP contribution < -0.4 is 5.32 Å². The fourth-order valence-electron chi connectivity index (χ4n) is 3.63. The SMILES string of the molecule is O=C(CNC(=O)c1cccnc1)OCN1C(=O)CCC(N2C(=O)c3ccccc3C2=O)C1=O. The third kappa shape index (κ3) is 4.20. The van der Waals surface area contributed by atoms with Crippen LogP contribution in [-0.4, -0.2) is 69.6 Å². The van der Waals surface area contributed by atoms with Crippen LogP contribution in [0.3, 0.4) is 0 Å². The van der Waals surface area contributed by atoms with Crippen LogP contribution in [0.4, 0.5) is 0 Å². The average Bonchev–Trinajstić information content (AvgIpc) is 3.08. The van der Waals surface area contributed by atoms with Crippen LogP contribution in [0.15, 0.2) is 48.8 Å². The summed E-state index contributed by atoms with van der Waals surface area (Å²) in [7, 11) is 0. The highest BCUT2D eigenvalue weighted by molar-refractivity contribution is 6.23. The molecular formula is C22H18N4O7. The number of fused-ring (bicyclic) bond motifs is 1. The lowest BCUT2D eigenvalue weighted by Crippen LogP contribution is -2.56. The van der Waals surface area contributed by atoms with Gasteiger partial charge in [0.15, 0.2) is 6.73 Å². The van der Waals surface area contributed by atoms with Crippen LogP contribution in [0.2, 0.25) is 0 Å². The Labute approximate surface area is 187 Å². The van der Waals surface area contributed by atoms with Gasteiger partial charge in [0, 0.05) is 18.8 Å². The molecule has 1 saturated heterocycles. The maximum atomic E-state index is 12.9. The van der Waals surface area contributed by atoms with Crippen molar-refractivity contribution in [3.63, 3.8) is 0 Å². The number of benzene rings is 1. The van der Waals surface area contributed by atoms with Gasteiger partial charge in [-0.25, -0.2) is 4.90 Å². The highest BCUT2D eigenvalue weighted by Gasteiger charge is 2.47. The van der Waals surface area contributed by atoms with Crippen molar-refractivity contribution in [2.24, 2.45) is 0 Å². The fourth-order valence-corrected chi connectivity index (χ4v) is 3.63. The summed E-state index contributed by atoms with van der Waals surface area (Å²) in [5, 5.41) is 2.34. The van der Waals surface area contributed by atoms with Crippen molar-refractivity contribution in [1.82, 2.24) is 20.1 Å². The number of piperidine rings is 1. The van der Waals surface area contributed by atoms with Gasteiger partial charge in [0.1, 0.15) is 12.6 Å². The zero-order chi connectivity index (χ0) is 23.5. The van der Waals surface area contributed by atoms with E-state index < -0.39 is 54.8 Å². The van der Waals surface area contributed by atoms with Gasteiger partial charge in [-0.05, 0) is 30.7 Å². The predicted molar refractivity (Wildman–Crippen MR) is 109 cm³/mol. The summed E-state index contributed by atoms with van der Waals surface area (Å²) in [4.78, 5) is 79.9. The lowest BCUT2D eigenvalue weighted by atomic mass is 10.0. The molecule has 2 aromatic rings. The van der Waals surface area contributed by atoms with E-state index in [4.69, 9.17) is 4.74 Å². The molecule has 4 rings (SSSR count). The van der Waals surface area contributed by atoms with E-state index in [2.05, 4.69) is 10.3 Å². The maximum Gasteiger partial charge on any atom is 0.327 e. The first-order valence-electron chi connectivity index (χ1n) is 10.0. The van der Waals surface area contributed by atoms with Crippen LogP contribution >= 0.6 is 0 Å². The van der Waals surface area contributed by atoms with E-state index in [0.29, 0.717) is 4.90 Å². The van der Waals surface area contributed by atoms with E-state index in [1.165, 1.54) is 30.6 Å². The van der Waals surface area contributed by atoms with Gasteiger partial charge >= 0.3 is 5.97 Å². The maximum absolute atomic E-state index is 12.9. The van der Waals surface area contributed by atoms with Crippen LogP contribution in [-0.2, 0) is 19.1 Å². The minimum Gasteiger partial charge on any atom is -0.442 e. The van der Waals surface area contributed by atoms with Crippen molar-refractivity contribution in [2.75, 3.05) is 13.3 Å². The molecule has 3 heterocycles. The van der Waals surface area contributed by atoms with Crippen molar-refractivity contribution >= 4 is 35.5 Å². The molecule has 0 saturated carbocycles. The number of esters is 1. The third-order valence-electron chi connectivity index (χ3n) is 5.29. The summed E-state index contributed by atoms with van der Waals surface area (Å²) >= 11 is 0. The summed E-state index contributed by atoms with van der Waals surface area (Å²) in [6.45, 7) is -1.19. The molecule has 0 bridgehead atoms.